The smallest absolute Gasteiger partial charge is 0.188 e. The Kier molecular flexibility index (Phi) is 6.02. The van der Waals surface area contributed by atoms with Crippen LogP contribution in [0, 0.1) is 5.92 Å². The van der Waals surface area contributed by atoms with Gasteiger partial charge in [0, 0.05) is 32.7 Å². The molecule has 0 saturated heterocycles. The zero-order valence-corrected chi connectivity index (χ0v) is 15.4. The molecule has 1 aromatic carbocycles. The summed E-state index contributed by atoms with van der Waals surface area (Å²) in [6.07, 6.45) is 4.98. The molecule has 1 aliphatic carbocycles. The van der Waals surface area contributed by atoms with Gasteiger partial charge in [0.15, 0.2) is 17.5 Å². The average molecular weight is 346 g/mol. The number of methoxy groups -OCH3 is 2. The van der Waals surface area contributed by atoms with Gasteiger partial charge in [-0.05, 0) is 48.4 Å². The SMILES string of the molecule is COc1cc2c(cc1OC)CN(CCNC(N)=NCC1CCC1)CC2. The van der Waals surface area contributed by atoms with Crippen molar-refractivity contribution < 1.29 is 9.47 Å². The van der Waals surface area contributed by atoms with E-state index in [1.807, 2.05) is 0 Å². The molecule has 2 aliphatic rings. The maximum absolute atomic E-state index is 5.95. The quantitative estimate of drug-likeness (QED) is 0.581. The number of benzene rings is 1. The van der Waals surface area contributed by atoms with Crippen LogP contribution in [0.2, 0.25) is 0 Å². The minimum Gasteiger partial charge on any atom is -0.493 e. The Hall–Kier alpha value is -1.95. The highest BCUT2D eigenvalue weighted by Gasteiger charge is 2.19. The van der Waals surface area contributed by atoms with Gasteiger partial charge in [-0.1, -0.05) is 6.42 Å². The maximum atomic E-state index is 5.95. The molecule has 0 spiro atoms. The van der Waals surface area contributed by atoms with Crippen molar-refractivity contribution in [3.63, 3.8) is 0 Å². The highest BCUT2D eigenvalue weighted by Crippen LogP contribution is 2.33. The molecule has 0 radical (unpaired) electrons. The summed E-state index contributed by atoms with van der Waals surface area (Å²) in [6.45, 7) is 4.62. The maximum Gasteiger partial charge on any atom is 0.188 e. The van der Waals surface area contributed by atoms with Gasteiger partial charge in [-0.2, -0.15) is 0 Å². The third kappa shape index (κ3) is 4.57. The van der Waals surface area contributed by atoms with E-state index in [1.165, 1.54) is 30.4 Å². The third-order valence-electron chi connectivity index (χ3n) is 5.28. The van der Waals surface area contributed by atoms with Crippen molar-refractivity contribution in [2.24, 2.45) is 16.6 Å². The molecule has 0 amide bonds. The molecule has 0 unspecified atom stereocenters. The third-order valence-corrected chi connectivity index (χ3v) is 5.28. The van der Waals surface area contributed by atoms with Crippen molar-refractivity contribution in [2.45, 2.75) is 32.2 Å². The minimum absolute atomic E-state index is 0.579. The number of rotatable bonds is 7. The van der Waals surface area contributed by atoms with Crippen molar-refractivity contribution in [3.8, 4) is 11.5 Å². The van der Waals surface area contributed by atoms with E-state index in [1.54, 1.807) is 14.2 Å². The van der Waals surface area contributed by atoms with E-state index in [0.717, 1.165) is 56.6 Å². The summed E-state index contributed by atoms with van der Waals surface area (Å²) in [4.78, 5) is 6.87. The number of nitrogens with zero attached hydrogens (tertiary/aromatic N) is 2. The zero-order valence-electron chi connectivity index (χ0n) is 15.4. The summed E-state index contributed by atoms with van der Waals surface area (Å²) in [5, 5.41) is 3.24. The van der Waals surface area contributed by atoms with Crippen LogP contribution in [0.3, 0.4) is 0 Å². The molecular formula is C19H30N4O2. The summed E-state index contributed by atoms with van der Waals surface area (Å²) >= 11 is 0. The molecule has 0 atom stereocenters. The van der Waals surface area contributed by atoms with Crippen LogP contribution in [0.15, 0.2) is 17.1 Å². The van der Waals surface area contributed by atoms with E-state index in [9.17, 15) is 0 Å². The molecule has 6 nitrogen and oxygen atoms in total. The second-order valence-corrected chi connectivity index (χ2v) is 6.95. The number of guanidine groups is 1. The Morgan fingerprint density at radius 2 is 1.96 bits per heavy atom. The van der Waals surface area contributed by atoms with Gasteiger partial charge in [0.1, 0.15) is 0 Å². The van der Waals surface area contributed by atoms with Gasteiger partial charge in [0.25, 0.3) is 0 Å². The Labute approximate surface area is 150 Å². The van der Waals surface area contributed by atoms with Crippen molar-refractivity contribution in [1.82, 2.24) is 10.2 Å². The fourth-order valence-corrected chi connectivity index (χ4v) is 3.43. The van der Waals surface area contributed by atoms with E-state index in [4.69, 9.17) is 15.2 Å². The van der Waals surface area contributed by atoms with E-state index >= 15 is 0 Å². The number of fused-ring (bicyclic) bond motifs is 1. The summed E-state index contributed by atoms with van der Waals surface area (Å²) in [6, 6.07) is 4.21. The summed E-state index contributed by atoms with van der Waals surface area (Å²) in [5.74, 6) is 2.95. The number of aliphatic imine (C=N–C) groups is 1. The topological polar surface area (TPSA) is 72.1 Å². The van der Waals surface area contributed by atoms with Crippen LogP contribution in [0.5, 0.6) is 11.5 Å². The molecule has 3 rings (SSSR count). The van der Waals surface area contributed by atoms with Gasteiger partial charge in [-0.3, -0.25) is 9.89 Å². The molecule has 1 saturated carbocycles. The fourth-order valence-electron chi connectivity index (χ4n) is 3.43. The largest absolute Gasteiger partial charge is 0.493 e. The number of nitrogens with one attached hydrogen (secondary N) is 1. The first-order chi connectivity index (χ1) is 12.2. The lowest BCUT2D eigenvalue weighted by Gasteiger charge is -2.29. The van der Waals surface area contributed by atoms with Crippen LogP contribution in [-0.2, 0) is 13.0 Å². The van der Waals surface area contributed by atoms with Crippen molar-refractivity contribution in [2.75, 3.05) is 40.4 Å². The summed E-state index contributed by atoms with van der Waals surface area (Å²) in [5.41, 5.74) is 8.62. The Morgan fingerprint density at radius 3 is 2.60 bits per heavy atom. The minimum atomic E-state index is 0.579. The first-order valence-electron chi connectivity index (χ1n) is 9.19. The zero-order chi connectivity index (χ0) is 17.6. The van der Waals surface area contributed by atoms with E-state index < -0.39 is 0 Å². The molecule has 0 aromatic heterocycles. The number of hydrogen-bond acceptors (Lipinski definition) is 4. The first-order valence-corrected chi connectivity index (χ1v) is 9.19. The van der Waals surface area contributed by atoms with Crippen LogP contribution in [0.1, 0.15) is 30.4 Å². The second kappa shape index (κ2) is 8.43. The summed E-state index contributed by atoms with van der Waals surface area (Å²) in [7, 11) is 3.36. The van der Waals surface area contributed by atoms with Crippen LogP contribution in [-0.4, -0.2) is 51.3 Å². The van der Waals surface area contributed by atoms with Gasteiger partial charge < -0.3 is 20.5 Å². The lowest BCUT2D eigenvalue weighted by atomic mass is 9.86. The second-order valence-electron chi connectivity index (χ2n) is 6.95. The molecule has 3 N–H and O–H groups in total. The average Bonchev–Trinajstić information content (AvgIpc) is 2.59. The Balaban J connectivity index is 1.47. The van der Waals surface area contributed by atoms with Crippen LogP contribution in [0.4, 0.5) is 0 Å². The predicted molar refractivity (Wildman–Crippen MR) is 100 cm³/mol. The predicted octanol–water partition coefficient (Wildman–Crippen LogP) is 1.77. The number of hydrogen-bond donors (Lipinski definition) is 2. The molecule has 25 heavy (non-hydrogen) atoms. The van der Waals surface area contributed by atoms with Gasteiger partial charge in [-0.25, -0.2) is 0 Å². The molecule has 1 fully saturated rings. The molecule has 1 heterocycles. The van der Waals surface area contributed by atoms with Gasteiger partial charge in [0.05, 0.1) is 14.2 Å². The highest BCUT2D eigenvalue weighted by atomic mass is 16.5. The van der Waals surface area contributed by atoms with E-state index in [-0.39, 0.29) is 0 Å². The van der Waals surface area contributed by atoms with Crippen LogP contribution < -0.4 is 20.5 Å². The fraction of sp³-hybridized carbons (Fsp3) is 0.632. The van der Waals surface area contributed by atoms with Gasteiger partial charge in [0.2, 0.25) is 0 Å². The van der Waals surface area contributed by atoms with E-state index in [2.05, 4.69) is 27.3 Å². The lowest BCUT2D eigenvalue weighted by Crippen LogP contribution is -2.40. The molecule has 138 valence electrons. The monoisotopic (exact) mass is 346 g/mol. The van der Waals surface area contributed by atoms with Crippen molar-refractivity contribution in [3.05, 3.63) is 23.3 Å². The number of nitrogens with two attached hydrogens (primary N) is 1. The van der Waals surface area contributed by atoms with Crippen molar-refractivity contribution in [1.29, 1.82) is 0 Å². The van der Waals surface area contributed by atoms with Gasteiger partial charge >= 0.3 is 0 Å². The molecule has 6 heteroatoms. The Morgan fingerprint density at radius 1 is 1.24 bits per heavy atom. The van der Waals surface area contributed by atoms with Crippen LogP contribution >= 0.6 is 0 Å². The first kappa shape index (κ1) is 17.9. The van der Waals surface area contributed by atoms with Gasteiger partial charge in [-0.15, -0.1) is 0 Å². The number of ether oxygens (including phenoxy) is 2. The molecule has 1 aromatic rings. The molecule has 0 bridgehead atoms. The Bertz CT molecular complexity index is 614. The van der Waals surface area contributed by atoms with E-state index in [0.29, 0.717) is 5.96 Å². The summed E-state index contributed by atoms with van der Waals surface area (Å²) < 4.78 is 10.8. The van der Waals surface area contributed by atoms with Crippen molar-refractivity contribution >= 4 is 5.96 Å². The lowest BCUT2D eigenvalue weighted by molar-refractivity contribution is 0.256. The highest BCUT2D eigenvalue weighted by molar-refractivity contribution is 5.77. The molecule has 1 aliphatic heterocycles. The standard InChI is InChI=1S/C19H30N4O2/c1-24-17-10-15-6-8-23(13-16(15)11-18(17)25-2)9-7-21-19(20)22-12-14-4-3-5-14/h10-11,14H,3-9,12-13H2,1-2H3,(H3,20,21,22). The normalized spacial score (nSPS) is 18.4. The molecular weight excluding hydrogens is 316 g/mol. The van der Waals surface area contributed by atoms with Crippen LogP contribution in [0.25, 0.3) is 0 Å².